The third kappa shape index (κ3) is 3.77. The van der Waals surface area contributed by atoms with Gasteiger partial charge in [0.1, 0.15) is 12.2 Å². The lowest BCUT2D eigenvalue weighted by atomic mass is 10.1. The van der Waals surface area contributed by atoms with E-state index in [1.165, 1.54) is 0 Å². The molecule has 2 heterocycles. The highest BCUT2D eigenvalue weighted by Crippen LogP contribution is 2.29. The molecule has 130 valence electrons. The topological polar surface area (TPSA) is 97.9 Å². The van der Waals surface area contributed by atoms with Crippen LogP contribution in [0.2, 0.25) is 0 Å². The SMILES string of the molecule is CCNC(=O)O[C@H]1CO[C@@H]2[C@@H]1OC[C@@H]2NC(=O)Nc1ccccc1. The maximum atomic E-state index is 12.1. The molecule has 2 aliphatic heterocycles. The summed E-state index contributed by atoms with van der Waals surface area (Å²) in [6.45, 7) is 2.87. The molecule has 0 saturated carbocycles. The molecule has 8 heteroatoms. The molecule has 24 heavy (non-hydrogen) atoms. The summed E-state index contributed by atoms with van der Waals surface area (Å²) in [6, 6.07) is 8.54. The van der Waals surface area contributed by atoms with Gasteiger partial charge in [-0.1, -0.05) is 18.2 Å². The largest absolute Gasteiger partial charge is 0.441 e. The fourth-order valence-corrected chi connectivity index (χ4v) is 2.87. The van der Waals surface area contributed by atoms with Gasteiger partial charge in [-0.2, -0.15) is 0 Å². The van der Waals surface area contributed by atoms with E-state index >= 15 is 0 Å². The van der Waals surface area contributed by atoms with Gasteiger partial charge < -0.3 is 30.2 Å². The van der Waals surface area contributed by atoms with Crippen LogP contribution in [0.3, 0.4) is 0 Å². The van der Waals surface area contributed by atoms with Crippen LogP contribution < -0.4 is 16.0 Å². The highest BCUT2D eigenvalue weighted by molar-refractivity contribution is 5.89. The van der Waals surface area contributed by atoms with Crippen LogP contribution >= 0.6 is 0 Å². The van der Waals surface area contributed by atoms with Gasteiger partial charge in [-0.15, -0.1) is 0 Å². The van der Waals surface area contributed by atoms with Gasteiger partial charge in [0.25, 0.3) is 0 Å². The number of anilines is 1. The minimum Gasteiger partial charge on any atom is -0.441 e. The third-order valence-electron chi connectivity index (χ3n) is 3.94. The van der Waals surface area contributed by atoms with Gasteiger partial charge in [-0.25, -0.2) is 9.59 Å². The Bertz CT molecular complexity index is 582. The van der Waals surface area contributed by atoms with Crippen molar-refractivity contribution in [2.45, 2.75) is 31.3 Å². The smallest absolute Gasteiger partial charge is 0.407 e. The zero-order chi connectivity index (χ0) is 16.9. The lowest BCUT2D eigenvalue weighted by molar-refractivity contribution is 0.00419. The molecule has 1 aromatic carbocycles. The number of alkyl carbamates (subject to hydrolysis) is 1. The van der Waals surface area contributed by atoms with E-state index in [1.54, 1.807) is 12.1 Å². The fraction of sp³-hybridized carbons (Fsp3) is 0.500. The molecule has 0 aliphatic carbocycles. The van der Waals surface area contributed by atoms with Crippen LogP contribution in [0.1, 0.15) is 6.92 Å². The number of nitrogens with one attached hydrogen (secondary N) is 3. The Morgan fingerprint density at radius 3 is 2.67 bits per heavy atom. The molecule has 0 aromatic heterocycles. The van der Waals surface area contributed by atoms with E-state index < -0.39 is 12.2 Å². The molecular weight excluding hydrogens is 314 g/mol. The Morgan fingerprint density at radius 1 is 1.17 bits per heavy atom. The van der Waals surface area contributed by atoms with Crippen molar-refractivity contribution in [3.63, 3.8) is 0 Å². The molecule has 2 saturated heterocycles. The molecule has 4 atom stereocenters. The first-order chi connectivity index (χ1) is 11.7. The van der Waals surface area contributed by atoms with Gasteiger partial charge in [0, 0.05) is 12.2 Å². The molecule has 0 radical (unpaired) electrons. The summed E-state index contributed by atoms with van der Waals surface area (Å²) in [4.78, 5) is 23.6. The molecule has 3 N–H and O–H groups in total. The van der Waals surface area contributed by atoms with Gasteiger partial charge in [0.15, 0.2) is 6.10 Å². The van der Waals surface area contributed by atoms with Gasteiger partial charge >= 0.3 is 12.1 Å². The number of carbonyl (C=O) groups is 2. The molecule has 0 spiro atoms. The van der Waals surface area contributed by atoms with Gasteiger partial charge in [0.05, 0.1) is 19.3 Å². The molecule has 2 aliphatic rings. The van der Waals surface area contributed by atoms with E-state index in [9.17, 15) is 9.59 Å². The van der Waals surface area contributed by atoms with Crippen LogP contribution in [0.5, 0.6) is 0 Å². The van der Waals surface area contributed by atoms with Crippen LogP contribution in [0.4, 0.5) is 15.3 Å². The average Bonchev–Trinajstić information content (AvgIpc) is 3.13. The zero-order valence-corrected chi connectivity index (χ0v) is 13.4. The van der Waals surface area contributed by atoms with Crippen LogP contribution in [-0.4, -0.2) is 56.2 Å². The minimum atomic E-state index is -0.492. The summed E-state index contributed by atoms with van der Waals surface area (Å²) in [6.07, 6.45) is -1.65. The molecule has 0 bridgehead atoms. The monoisotopic (exact) mass is 335 g/mol. The van der Waals surface area contributed by atoms with Crippen molar-refractivity contribution in [3.05, 3.63) is 30.3 Å². The standard InChI is InChI=1S/C16H21N3O5/c1-2-17-16(21)24-12-9-23-13-11(8-22-14(12)13)19-15(20)18-10-6-4-3-5-7-10/h3-7,11-14H,2,8-9H2,1H3,(H,17,21)(H2,18,19,20)/t11-,12-,13-,14+/m0/s1. The predicted molar refractivity (Wildman–Crippen MR) is 85.8 cm³/mol. The molecular formula is C16H21N3O5. The van der Waals surface area contributed by atoms with E-state index in [0.29, 0.717) is 18.8 Å². The van der Waals surface area contributed by atoms with Crippen molar-refractivity contribution in [1.82, 2.24) is 10.6 Å². The second-order valence-corrected chi connectivity index (χ2v) is 5.64. The summed E-state index contributed by atoms with van der Waals surface area (Å²) in [7, 11) is 0. The van der Waals surface area contributed by atoms with Crippen LogP contribution in [0, 0.1) is 0 Å². The first-order valence-electron chi connectivity index (χ1n) is 7.97. The van der Waals surface area contributed by atoms with E-state index in [-0.39, 0.29) is 30.9 Å². The summed E-state index contributed by atoms with van der Waals surface area (Å²) in [5.41, 5.74) is 0.704. The third-order valence-corrected chi connectivity index (χ3v) is 3.94. The summed E-state index contributed by atoms with van der Waals surface area (Å²) in [5.74, 6) is 0. The normalized spacial score (nSPS) is 28.0. The van der Waals surface area contributed by atoms with Crippen molar-refractivity contribution in [3.8, 4) is 0 Å². The maximum Gasteiger partial charge on any atom is 0.407 e. The minimum absolute atomic E-state index is 0.255. The summed E-state index contributed by atoms with van der Waals surface area (Å²) in [5, 5.41) is 8.17. The lowest BCUT2D eigenvalue weighted by Crippen LogP contribution is -2.46. The maximum absolute atomic E-state index is 12.1. The highest BCUT2D eigenvalue weighted by Gasteiger charge is 2.50. The molecule has 8 nitrogen and oxygen atoms in total. The number of urea groups is 1. The second-order valence-electron chi connectivity index (χ2n) is 5.64. The zero-order valence-electron chi connectivity index (χ0n) is 13.4. The Labute approximate surface area is 139 Å². The van der Waals surface area contributed by atoms with Crippen LogP contribution in [0.25, 0.3) is 0 Å². The number of amides is 3. The molecule has 1 aromatic rings. The van der Waals surface area contributed by atoms with Crippen LogP contribution in [0.15, 0.2) is 30.3 Å². The van der Waals surface area contributed by atoms with Crippen molar-refractivity contribution in [1.29, 1.82) is 0 Å². The summed E-state index contributed by atoms with van der Waals surface area (Å²) < 4.78 is 16.6. The van der Waals surface area contributed by atoms with Crippen LogP contribution in [-0.2, 0) is 14.2 Å². The van der Waals surface area contributed by atoms with E-state index in [1.807, 2.05) is 25.1 Å². The van der Waals surface area contributed by atoms with Gasteiger partial charge in [-0.05, 0) is 19.1 Å². The number of hydrogen-bond donors (Lipinski definition) is 3. The Kier molecular flexibility index (Phi) is 5.17. The van der Waals surface area contributed by atoms with Gasteiger partial charge in [0.2, 0.25) is 0 Å². The molecule has 3 rings (SSSR count). The Balaban J connectivity index is 1.51. The average molecular weight is 335 g/mol. The number of fused-ring (bicyclic) bond motifs is 1. The Morgan fingerprint density at radius 2 is 1.92 bits per heavy atom. The van der Waals surface area contributed by atoms with Crippen molar-refractivity contribution < 1.29 is 23.8 Å². The van der Waals surface area contributed by atoms with E-state index in [4.69, 9.17) is 14.2 Å². The molecule has 2 fully saturated rings. The first kappa shape index (κ1) is 16.5. The van der Waals surface area contributed by atoms with E-state index in [0.717, 1.165) is 0 Å². The predicted octanol–water partition coefficient (Wildman–Crippen LogP) is 1.09. The molecule has 3 amide bonds. The van der Waals surface area contributed by atoms with Crippen molar-refractivity contribution in [2.75, 3.05) is 25.1 Å². The Hall–Kier alpha value is -2.32. The second kappa shape index (κ2) is 7.50. The van der Waals surface area contributed by atoms with Crippen molar-refractivity contribution >= 4 is 17.8 Å². The number of carbonyl (C=O) groups excluding carboxylic acids is 2. The number of hydrogen-bond acceptors (Lipinski definition) is 5. The molecule has 0 unspecified atom stereocenters. The van der Waals surface area contributed by atoms with E-state index in [2.05, 4.69) is 16.0 Å². The number of para-hydroxylation sites is 1. The number of rotatable bonds is 4. The highest BCUT2D eigenvalue weighted by atomic mass is 16.6. The number of ether oxygens (including phenoxy) is 3. The quantitative estimate of drug-likeness (QED) is 0.765. The fourth-order valence-electron chi connectivity index (χ4n) is 2.87. The number of benzene rings is 1. The summed E-state index contributed by atoms with van der Waals surface area (Å²) >= 11 is 0. The van der Waals surface area contributed by atoms with Gasteiger partial charge in [-0.3, -0.25) is 0 Å². The van der Waals surface area contributed by atoms with Crippen molar-refractivity contribution in [2.24, 2.45) is 0 Å². The lowest BCUT2D eigenvalue weighted by Gasteiger charge is -2.18. The first-order valence-corrected chi connectivity index (χ1v) is 7.97.